The average Bonchev–Trinajstić information content (AvgIpc) is 2.73. The van der Waals surface area contributed by atoms with Crippen molar-refractivity contribution in [2.24, 2.45) is 0 Å². The molecule has 0 spiro atoms. The zero-order chi connectivity index (χ0) is 22.2. The highest BCUT2D eigenvalue weighted by Crippen LogP contribution is 2.19. The van der Waals surface area contributed by atoms with E-state index in [2.05, 4.69) is 10.6 Å². The molecule has 31 heavy (non-hydrogen) atoms. The first-order valence-electron chi connectivity index (χ1n) is 9.63. The third kappa shape index (κ3) is 6.97. The van der Waals surface area contributed by atoms with Crippen LogP contribution in [0.15, 0.2) is 72.8 Å². The number of halogens is 1. The molecule has 3 aromatic rings. The smallest absolute Gasteiger partial charge is 0.308 e. The van der Waals surface area contributed by atoms with Gasteiger partial charge in [0.1, 0.15) is 5.75 Å². The van der Waals surface area contributed by atoms with Gasteiger partial charge in [0.2, 0.25) is 5.91 Å². The predicted molar refractivity (Wildman–Crippen MR) is 121 cm³/mol. The maximum atomic E-state index is 12.5. The molecule has 0 unspecified atom stereocenters. The molecule has 2 N–H and O–H groups in total. The number of esters is 1. The number of hydrogen-bond donors (Lipinski definition) is 2. The van der Waals surface area contributed by atoms with Crippen molar-refractivity contribution < 1.29 is 19.1 Å². The molecule has 0 saturated heterocycles. The third-order valence-electron chi connectivity index (χ3n) is 4.32. The van der Waals surface area contributed by atoms with Crippen LogP contribution >= 0.6 is 11.6 Å². The van der Waals surface area contributed by atoms with Crippen molar-refractivity contribution in [3.05, 3.63) is 88.9 Å². The van der Waals surface area contributed by atoms with Crippen molar-refractivity contribution in [3.63, 3.8) is 0 Å². The van der Waals surface area contributed by atoms with Gasteiger partial charge in [0.15, 0.2) is 0 Å². The highest BCUT2D eigenvalue weighted by molar-refractivity contribution is 6.30. The summed E-state index contributed by atoms with van der Waals surface area (Å²) in [6, 6.07) is 20.6. The van der Waals surface area contributed by atoms with E-state index in [0.717, 1.165) is 5.56 Å². The number of aryl methyl sites for hydroxylation is 1. The van der Waals surface area contributed by atoms with Crippen molar-refractivity contribution >= 4 is 40.8 Å². The van der Waals surface area contributed by atoms with Crippen molar-refractivity contribution in [1.29, 1.82) is 0 Å². The van der Waals surface area contributed by atoms with Gasteiger partial charge in [0, 0.05) is 35.3 Å². The van der Waals surface area contributed by atoms with Crippen LogP contribution in [-0.4, -0.2) is 17.8 Å². The number of rotatable bonds is 7. The van der Waals surface area contributed by atoms with Crippen molar-refractivity contribution in [3.8, 4) is 5.75 Å². The molecule has 3 aromatic carbocycles. The van der Waals surface area contributed by atoms with Crippen LogP contribution in [0.3, 0.4) is 0 Å². The Kier molecular flexibility index (Phi) is 7.40. The first-order chi connectivity index (χ1) is 14.9. The SMILES string of the molecule is CC(=O)Oc1cccc(C(=O)Nc2cccc(NC(=O)CCc3ccc(Cl)cc3)c2)c1. The molecule has 0 aliphatic rings. The molecule has 6 nitrogen and oxygen atoms in total. The van der Waals surface area contributed by atoms with Crippen LogP contribution in [0.1, 0.15) is 29.3 Å². The zero-order valence-electron chi connectivity index (χ0n) is 16.9. The lowest BCUT2D eigenvalue weighted by molar-refractivity contribution is -0.131. The minimum atomic E-state index is -0.461. The number of hydrogen-bond acceptors (Lipinski definition) is 4. The van der Waals surface area contributed by atoms with Gasteiger partial charge in [-0.2, -0.15) is 0 Å². The Bertz CT molecular complexity index is 1100. The summed E-state index contributed by atoms with van der Waals surface area (Å²) in [5.74, 6) is -0.661. The molecule has 0 radical (unpaired) electrons. The summed E-state index contributed by atoms with van der Waals surface area (Å²) in [6.45, 7) is 1.29. The van der Waals surface area contributed by atoms with E-state index in [-0.39, 0.29) is 11.8 Å². The van der Waals surface area contributed by atoms with Gasteiger partial charge < -0.3 is 15.4 Å². The van der Waals surface area contributed by atoms with E-state index < -0.39 is 5.97 Å². The molecular formula is C24H21ClN2O4. The predicted octanol–water partition coefficient (Wildman–Crippen LogP) is 5.09. The molecule has 0 aliphatic carbocycles. The monoisotopic (exact) mass is 436 g/mol. The fourth-order valence-corrected chi connectivity index (χ4v) is 3.00. The van der Waals surface area contributed by atoms with Crippen LogP contribution < -0.4 is 15.4 Å². The Hall–Kier alpha value is -3.64. The highest BCUT2D eigenvalue weighted by atomic mass is 35.5. The van der Waals surface area contributed by atoms with Gasteiger partial charge in [-0.3, -0.25) is 14.4 Å². The highest BCUT2D eigenvalue weighted by Gasteiger charge is 2.10. The van der Waals surface area contributed by atoms with Gasteiger partial charge in [0.05, 0.1) is 0 Å². The Morgan fingerprint density at radius 1 is 0.871 bits per heavy atom. The van der Waals surface area contributed by atoms with E-state index in [4.69, 9.17) is 16.3 Å². The van der Waals surface area contributed by atoms with Crippen molar-refractivity contribution in [1.82, 2.24) is 0 Å². The maximum Gasteiger partial charge on any atom is 0.308 e. The van der Waals surface area contributed by atoms with E-state index in [9.17, 15) is 14.4 Å². The lowest BCUT2D eigenvalue weighted by Crippen LogP contribution is -2.14. The number of benzene rings is 3. The largest absolute Gasteiger partial charge is 0.427 e. The van der Waals surface area contributed by atoms with Crippen LogP contribution in [0.5, 0.6) is 5.75 Å². The number of anilines is 2. The van der Waals surface area contributed by atoms with Crippen molar-refractivity contribution in [2.45, 2.75) is 19.8 Å². The Balaban J connectivity index is 1.58. The first kappa shape index (κ1) is 22.1. The van der Waals surface area contributed by atoms with Gasteiger partial charge in [-0.15, -0.1) is 0 Å². The van der Waals surface area contributed by atoms with E-state index >= 15 is 0 Å². The van der Waals surface area contributed by atoms with Gasteiger partial charge >= 0.3 is 5.97 Å². The minimum Gasteiger partial charge on any atom is -0.427 e. The second-order valence-corrected chi connectivity index (χ2v) is 7.27. The van der Waals surface area contributed by atoms with Crippen LogP contribution in [0, 0.1) is 0 Å². The molecule has 2 amide bonds. The summed E-state index contributed by atoms with van der Waals surface area (Å²) in [6.07, 6.45) is 0.916. The normalized spacial score (nSPS) is 10.3. The standard InChI is InChI=1S/C24H21ClN2O4/c1-16(28)31-22-7-2-4-18(14-22)24(30)27-21-6-3-5-20(15-21)26-23(29)13-10-17-8-11-19(25)12-9-17/h2-9,11-12,14-15H,10,13H2,1H3,(H,26,29)(H,27,30). The number of ether oxygens (including phenoxy) is 1. The molecule has 0 aliphatic heterocycles. The molecule has 0 atom stereocenters. The molecule has 158 valence electrons. The second-order valence-electron chi connectivity index (χ2n) is 6.83. The number of carbonyl (C=O) groups is 3. The zero-order valence-corrected chi connectivity index (χ0v) is 17.6. The van der Waals surface area contributed by atoms with Crippen LogP contribution in [0.25, 0.3) is 0 Å². The summed E-state index contributed by atoms with van der Waals surface area (Å²) >= 11 is 5.87. The van der Waals surface area contributed by atoms with Gasteiger partial charge in [-0.05, 0) is 60.5 Å². The second kappa shape index (κ2) is 10.4. The molecule has 3 rings (SSSR count). The molecular weight excluding hydrogens is 416 g/mol. The van der Waals surface area contributed by atoms with Gasteiger partial charge in [-0.25, -0.2) is 0 Å². The van der Waals surface area contributed by atoms with E-state index in [0.29, 0.717) is 40.6 Å². The quantitative estimate of drug-likeness (QED) is 0.399. The average molecular weight is 437 g/mol. The lowest BCUT2D eigenvalue weighted by Gasteiger charge is -2.10. The van der Waals surface area contributed by atoms with Gasteiger partial charge in [0.25, 0.3) is 5.91 Å². The molecule has 0 heterocycles. The summed E-state index contributed by atoms with van der Waals surface area (Å²) in [5.41, 5.74) is 2.47. The lowest BCUT2D eigenvalue weighted by atomic mass is 10.1. The maximum absolute atomic E-state index is 12.5. The topological polar surface area (TPSA) is 84.5 Å². The van der Waals surface area contributed by atoms with Crippen LogP contribution in [-0.2, 0) is 16.0 Å². The summed E-state index contributed by atoms with van der Waals surface area (Å²) in [4.78, 5) is 35.9. The van der Waals surface area contributed by atoms with Gasteiger partial charge in [-0.1, -0.05) is 35.9 Å². The number of amides is 2. The molecule has 0 fully saturated rings. The Morgan fingerprint density at radius 3 is 2.26 bits per heavy atom. The molecule has 7 heteroatoms. The van der Waals surface area contributed by atoms with E-state index in [1.165, 1.54) is 13.0 Å². The van der Waals surface area contributed by atoms with Crippen molar-refractivity contribution in [2.75, 3.05) is 10.6 Å². The number of carbonyl (C=O) groups excluding carboxylic acids is 3. The Morgan fingerprint density at radius 2 is 1.55 bits per heavy atom. The fraction of sp³-hybridized carbons (Fsp3) is 0.125. The fourth-order valence-electron chi connectivity index (χ4n) is 2.88. The number of nitrogens with one attached hydrogen (secondary N) is 2. The van der Waals surface area contributed by atoms with Crippen LogP contribution in [0.2, 0.25) is 5.02 Å². The minimum absolute atomic E-state index is 0.132. The van der Waals surface area contributed by atoms with E-state index in [1.54, 1.807) is 54.6 Å². The third-order valence-corrected chi connectivity index (χ3v) is 4.57. The van der Waals surface area contributed by atoms with Crippen LogP contribution in [0.4, 0.5) is 11.4 Å². The summed E-state index contributed by atoms with van der Waals surface area (Å²) in [7, 11) is 0. The molecule has 0 aromatic heterocycles. The first-order valence-corrected chi connectivity index (χ1v) is 10.0. The summed E-state index contributed by atoms with van der Waals surface area (Å²) in [5, 5.41) is 6.26. The summed E-state index contributed by atoms with van der Waals surface area (Å²) < 4.78 is 5.01. The Labute approximate surface area is 185 Å². The van der Waals surface area contributed by atoms with E-state index in [1.807, 2.05) is 12.1 Å². The molecule has 0 bridgehead atoms. The molecule has 0 saturated carbocycles.